The first kappa shape index (κ1) is 13.7. The predicted molar refractivity (Wildman–Crippen MR) is 75.1 cm³/mol. The van der Waals surface area contributed by atoms with Gasteiger partial charge in [-0.3, -0.25) is 20.2 Å². The van der Waals surface area contributed by atoms with Crippen LogP contribution in [0.2, 0.25) is 0 Å². The van der Waals surface area contributed by atoms with E-state index in [1.54, 1.807) is 13.2 Å². The summed E-state index contributed by atoms with van der Waals surface area (Å²) in [4.78, 5) is 9.99. The molecule has 0 spiro atoms. The van der Waals surface area contributed by atoms with Crippen molar-refractivity contribution in [2.24, 2.45) is 17.9 Å². The summed E-state index contributed by atoms with van der Waals surface area (Å²) >= 11 is 4.61. The van der Waals surface area contributed by atoms with Crippen LogP contribution in [0.15, 0.2) is 27.8 Å². The standard InChI is InChI=1S/C10H10N6O3S/c1-15-5-6(4-12-13-10(11)20)9(14-15)7-2-3-8(19-7)16(17)18/h2-5H,1H3,(H3,11,13,20). The number of nitrogens with zero attached hydrogens (tertiary/aromatic N) is 4. The van der Waals surface area contributed by atoms with E-state index >= 15 is 0 Å². The van der Waals surface area contributed by atoms with Gasteiger partial charge in [0.2, 0.25) is 0 Å². The molecule has 2 rings (SSSR count). The van der Waals surface area contributed by atoms with Gasteiger partial charge in [-0.25, -0.2) is 0 Å². The normalized spacial score (nSPS) is 10.8. The fourth-order valence-corrected chi connectivity index (χ4v) is 1.56. The molecular weight excluding hydrogens is 284 g/mol. The molecule has 10 heteroatoms. The number of nitro groups is 1. The molecule has 0 atom stereocenters. The average molecular weight is 294 g/mol. The molecule has 9 nitrogen and oxygen atoms in total. The van der Waals surface area contributed by atoms with Gasteiger partial charge in [0, 0.05) is 18.8 Å². The predicted octanol–water partition coefficient (Wildman–Crippen LogP) is 0.755. The maximum atomic E-state index is 10.6. The summed E-state index contributed by atoms with van der Waals surface area (Å²) in [6.45, 7) is 0. The molecule has 2 aromatic rings. The summed E-state index contributed by atoms with van der Waals surface area (Å²) in [6.07, 6.45) is 3.12. The third-order valence-corrected chi connectivity index (χ3v) is 2.33. The van der Waals surface area contributed by atoms with Crippen molar-refractivity contribution in [3.8, 4) is 11.5 Å². The molecule has 0 aliphatic rings. The molecule has 104 valence electrons. The number of aromatic nitrogens is 2. The highest BCUT2D eigenvalue weighted by molar-refractivity contribution is 7.80. The number of hydrazone groups is 1. The zero-order valence-electron chi connectivity index (χ0n) is 10.3. The van der Waals surface area contributed by atoms with Crippen LogP contribution in [0.5, 0.6) is 0 Å². The first-order valence-corrected chi connectivity index (χ1v) is 5.75. The number of aryl methyl sites for hydroxylation is 1. The number of nitrogens with one attached hydrogen (secondary N) is 1. The lowest BCUT2D eigenvalue weighted by Crippen LogP contribution is -2.23. The van der Waals surface area contributed by atoms with Gasteiger partial charge in [0.15, 0.2) is 10.9 Å². The van der Waals surface area contributed by atoms with E-state index in [1.807, 2.05) is 0 Å². The monoisotopic (exact) mass is 294 g/mol. The molecule has 0 amide bonds. The fourth-order valence-electron chi connectivity index (χ4n) is 1.51. The molecule has 20 heavy (non-hydrogen) atoms. The Morgan fingerprint density at radius 1 is 1.70 bits per heavy atom. The van der Waals surface area contributed by atoms with Gasteiger partial charge < -0.3 is 10.2 Å². The highest BCUT2D eigenvalue weighted by Crippen LogP contribution is 2.26. The first-order valence-electron chi connectivity index (χ1n) is 5.34. The molecule has 0 radical (unpaired) electrons. The Labute approximate surface area is 118 Å². The van der Waals surface area contributed by atoms with E-state index in [9.17, 15) is 10.1 Å². The molecule has 0 unspecified atom stereocenters. The van der Waals surface area contributed by atoms with Crippen molar-refractivity contribution >= 4 is 29.4 Å². The van der Waals surface area contributed by atoms with Crippen LogP contribution in [0.4, 0.5) is 5.88 Å². The van der Waals surface area contributed by atoms with Crippen molar-refractivity contribution in [1.82, 2.24) is 15.2 Å². The molecule has 0 aliphatic carbocycles. The SMILES string of the molecule is Cn1cc(C=NNC(N)=S)c(-c2ccc([N+](=O)[O-])o2)n1. The molecule has 2 aromatic heterocycles. The average Bonchev–Trinajstić information content (AvgIpc) is 2.95. The highest BCUT2D eigenvalue weighted by Gasteiger charge is 2.17. The molecule has 3 N–H and O–H groups in total. The Hall–Kier alpha value is -2.75. The van der Waals surface area contributed by atoms with Crippen LogP contribution in [0.25, 0.3) is 11.5 Å². The minimum Gasteiger partial charge on any atom is -0.399 e. The van der Waals surface area contributed by atoms with Crippen molar-refractivity contribution in [3.63, 3.8) is 0 Å². The fraction of sp³-hybridized carbons (Fsp3) is 0.100. The maximum absolute atomic E-state index is 10.6. The Balaban J connectivity index is 2.33. The van der Waals surface area contributed by atoms with E-state index in [0.717, 1.165) is 0 Å². The van der Waals surface area contributed by atoms with Crippen molar-refractivity contribution < 1.29 is 9.34 Å². The van der Waals surface area contributed by atoms with Gasteiger partial charge in [0.1, 0.15) is 10.6 Å². The highest BCUT2D eigenvalue weighted by atomic mass is 32.1. The van der Waals surface area contributed by atoms with Gasteiger partial charge in [-0.05, 0) is 18.3 Å². The van der Waals surface area contributed by atoms with Gasteiger partial charge in [-0.1, -0.05) is 0 Å². The van der Waals surface area contributed by atoms with Gasteiger partial charge in [-0.2, -0.15) is 10.2 Å². The minimum absolute atomic E-state index is 0.0281. The molecule has 0 saturated heterocycles. The van der Waals surface area contributed by atoms with Crippen molar-refractivity contribution in [1.29, 1.82) is 0 Å². The summed E-state index contributed by atoms with van der Waals surface area (Å²) in [5, 5.41) is 18.6. The number of nitrogens with two attached hydrogens (primary N) is 1. The Morgan fingerprint density at radius 2 is 2.45 bits per heavy atom. The lowest BCUT2D eigenvalue weighted by atomic mass is 10.2. The number of hydrogen-bond acceptors (Lipinski definition) is 6. The van der Waals surface area contributed by atoms with Crippen LogP contribution in [-0.2, 0) is 7.05 Å². The van der Waals surface area contributed by atoms with Gasteiger partial charge in [0.05, 0.1) is 12.3 Å². The number of thiocarbonyl (C=S) groups is 1. The van der Waals surface area contributed by atoms with E-state index in [-0.39, 0.29) is 16.8 Å². The van der Waals surface area contributed by atoms with Crippen LogP contribution >= 0.6 is 12.2 Å². The van der Waals surface area contributed by atoms with Crippen LogP contribution in [-0.4, -0.2) is 26.0 Å². The summed E-state index contributed by atoms with van der Waals surface area (Å²) < 4.78 is 6.64. The van der Waals surface area contributed by atoms with Gasteiger partial charge >= 0.3 is 5.88 Å². The molecule has 0 bridgehead atoms. The Kier molecular flexibility index (Phi) is 3.75. The Morgan fingerprint density at radius 3 is 3.05 bits per heavy atom. The quantitative estimate of drug-likeness (QED) is 0.369. The van der Waals surface area contributed by atoms with Crippen molar-refractivity contribution in [2.75, 3.05) is 0 Å². The number of furan rings is 1. The van der Waals surface area contributed by atoms with Crippen LogP contribution in [0, 0.1) is 10.1 Å². The summed E-state index contributed by atoms with van der Waals surface area (Å²) in [7, 11) is 1.71. The Bertz CT molecular complexity index is 689. The zero-order chi connectivity index (χ0) is 14.7. The summed E-state index contributed by atoms with van der Waals surface area (Å²) in [5.74, 6) is -0.0797. The van der Waals surface area contributed by atoms with E-state index in [4.69, 9.17) is 10.2 Å². The van der Waals surface area contributed by atoms with Crippen LogP contribution in [0.3, 0.4) is 0 Å². The van der Waals surface area contributed by atoms with Gasteiger partial charge in [0.25, 0.3) is 0 Å². The topological polar surface area (TPSA) is 125 Å². The maximum Gasteiger partial charge on any atom is 0.433 e. The largest absolute Gasteiger partial charge is 0.433 e. The summed E-state index contributed by atoms with van der Waals surface area (Å²) in [6, 6.07) is 2.73. The molecule has 0 aliphatic heterocycles. The second kappa shape index (κ2) is 5.48. The lowest BCUT2D eigenvalue weighted by Gasteiger charge is -1.94. The smallest absolute Gasteiger partial charge is 0.399 e. The van der Waals surface area contributed by atoms with E-state index in [2.05, 4.69) is 27.8 Å². The minimum atomic E-state index is -0.616. The molecule has 0 saturated carbocycles. The molecule has 0 aromatic carbocycles. The molecular formula is C10H10N6O3S. The van der Waals surface area contributed by atoms with Crippen molar-refractivity contribution in [3.05, 3.63) is 34.0 Å². The first-order chi connectivity index (χ1) is 9.47. The van der Waals surface area contributed by atoms with E-state index in [0.29, 0.717) is 11.3 Å². The summed E-state index contributed by atoms with van der Waals surface area (Å²) in [5.41, 5.74) is 8.67. The number of hydrogen-bond donors (Lipinski definition) is 2. The zero-order valence-corrected chi connectivity index (χ0v) is 11.1. The van der Waals surface area contributed by atoms with E-state index < -0.39 is 4.92 Å². The van der Waals surface area contributed by atoms with E-state index in [1.165, 1.54) is 23.0 Å². The molecule has 2 heterocycles. The third-order valence-electron chi connectivity index (χ3n) is 2.24. The van der Waals surface area contributed by atoms with Crippen molar-refractivity contribution in [2.45, 2.75) is 0 Å². The third kappa shape index (κ3) is 2.98. The van der Waals surface area contributed by atoms with Gasteiger partial charge in [-0.15, -0.1) is 0 Å². The lowest BCUT2D eigenvalue weighted by molar-refractivity contribution is -0.401. The van der Waals surface area contributed by atoms with Crippen LogP contribution < -0.4 is 11.2 Å². The second-order valence-corrected chi connectivity index (χ2v) is 4.18. The van der Waals surface area contributed by atoms with Crippen LogP contribution in [0.1, 0.15) is 5.56 Å². The molecule has 0 fully saturated rings. The number of rotatable bonds is 4. The second-order valence-electron chi connectivity index (χ2n) is 3.74.